The van der Waals surface area contributed by atoms with Crippen LogP contribution < -0.4 is 5.32 Å². The Kier molecular flexibility index (Phi) is 4.04. The number of carbonyl (C=O) groups is 1. The van der Waals surface area contributed by atoms with Gasteiger partial charge in [-0.3, -0.25) is 9.78 Å². The van der Waals surface area contributed by atoms with Crippen LogP contribution in [0.25, 0.3) is 0 Å². The number of aromatic nitrogens is 1. The highest BCUT2D eigenvalue weighted by Gasteiger charge is 2.72. The lowest BCUT2D eigenvalue weighted by Gasteiger charge is -2.27. The summed E-state index contributed by atoms with van der Waals surface area (Å²) in [7, 11) is 0. The summed E-state index contributed by atoms with van der Waals surface area (Å²) < 4.78 is 45.2. The molecule has 1 N–H and O–H groups in total. The number of anilines is 1. The van der Waals surface area contributed by atoms with Crippen LogP contribution in [0.15, 0.2) is 42.6 Å². The molecule has 2 bridgehead atoms. The average molecular weight is 404 g/mol. The van der Waals surface area contributed by atoms with Crippen LogP contribution in [0.4, 0.5) is 18.9 Å². The van der Waals surface area contributed by atoms with Gasteiger partial charge in [-0.25, -0.2) is 0 Å². The maximum Gasteiger partial charge on any atom is 0.416 e. The van der Waals surface area contributed by atoms with Gasteiger partial charge in [0.15, 0.2) is 0 Å². The van der Waals surface area contributed by atoms with Crippen molar-refractivity contribution in [2.24, 2.45) is 23.7 Å². The largest absolute Gasteiger partial charge is 0.416 e. The predicted octanol–water partition coefficient (Wildman–Crippen LogP) is 4.66. The number of alkyl halides is 3. The van der Waals surface area contributed by atoms with Crippen molar-refractivity contribution in [1.82, 2.24) is 4.98 Å². The van der Waals surface area contributed by atoms with Gasteiger partial charge in [0, 0.05) is 24.9 Å². The fraction of sp³-hybridized carbons (Fsp3) is 0.455. The molecule has 2 aromatic rings. The Hall–Kier alpha value is -2.41. The maximum absolute atomic E-state index is 13.2. The van der Waals surface area contributed by atoms with Crippen LogP contribution in [0.1, 0.15) is 31.1 Å². The van der Waals surface area contributed by atoms with E-state index in [1.807, 2.05) is 19.1 Å². The monoisotopic (exact) mass is 404 g/mol. The number of benzene rings is 1. The average Bonchev–Trinajstić information content (AvgIpc) is 3.03. The summed E-state index contributed by atoms with van der Waals surface area (Å²) in [6.45, 7) is 4.08. The molecule has 1 aliphatic carbocycles. The van der Waals surface area contributed by atoms with E-state index in [-0.39, 0.29) is 31.1 Å². The van der Waals surface area contributed by atoms with Gasteiger partial charge in [-0.15, -0.1) is 0 Å². The van der Waals surface area contributed by atoms with E-state index in [1.54, 1.807) is 6.20 Å². The van der Waals surface area contributed by atoms with E-state index in [0.29, 0.717) is 17.8 Å². The van der Waals surface area contributed by atoms with Gasteiger partial charge in [0.1, 0.15) is 0 Å². The zero-order valence-electron chi connectivity index (χ0n) is 16.0. The van der Waals surface area contributed by atoms with Crippen LogP contribution in [0.2, 0.25) is 0 Å². The van der Waals surface area contributed by atoms with Crippen LogP contribution in [0.5, 0.6) is 0 Å². The third-order valence-electron chi connectivity index (χ3n) is 6.75. The van der Waals surface area contributed by atoms with Gasteiger partial charge in [0.25, 0.3) is 0 Å². The maximum atomic E-state index is 13.2. The van der Waals surface area contributed by atoms with E-state index in [1.165, 1.54) is 12.1 Å². The van der Waals surface area contributed by atoms with Gasteiger partial charge in [-0.05, 0) is 60.6 Å². The molecule has 2 aliphatic heterocycles. The van der Waals surface area contributed by atoms with Crippen molar-refractivity contribution in [3.8, 4) is 0 Å². The summed E-state index contributed by atoms with van der Waals surface area (Å²) in [4.78, 5) is 17.5. The summed E-state index contributed by atoms with van der Waals surface area (Å²) in [6.07, 6.45) is -2.95. The third-order valence-corrected chi connectivity index (χ3v) is 6.75. The first kappa shape index (κ1) is 18.6. The number of nitrogens with one attached hydrogen (secondary N) is 1. The first-order valence-corrected chi connectivity index (χ1v) is 9.82. The summed E-state index contributed by atoms with van der Waals surface area (Å²) in [5.41, 5.74) is 1.24. The third kappa shape index (κ3) is 2.94. The number of nitrogens with zero attached hydrogens (tertiary/aromatic N) is 1. The first-order valence-electron chi connectivity index (χ1n) is 9.82. The number of aryl methyl sites for hydroxylation is 1. The molecular weight excluding hydrogens is 381 g/mol. The molecule has 5 rings (SSSR count). The topological polar surface area (TPSA) is 51.2 Å². The van der Waals surface area contributed by atoms with E-state index in [2.05, 4.69) is 17.2 Å². The zero-order valence-corrected chi connectivity index (χ0v) is 16.0. The highest BCUT2D eigenvalue weighted by atomic mass is 19.4. The van der Waals surface area contributed by atoms with Crippen molar-refractivity contribution in [2.75, 3.05) is 5.32 Å². The normalized spacial score (nSPS) is 34.7. The molecule has 1 amide bonds. The van der Waals surface area contributed by atoms with Gasteiger partial charge in [-0.1, -0.05) is 13.0 Å². The SMILES string of the molecule is Cc1cc([C@@H]2[C@H](C(=O)Nc3cccc(C(F)(F)F)c3)[C@@H]3O[C@H]2C2C(C)C23)ccn1.[HH]. The lowest BCUT2D eigenvalue weighted by Crippen LogP contribution is -2.37. The highest BCUT2D eigenvalue weighted by molar-refractivity contribution is 5.94. The first-order chi connectivity index (χ1) is 13.8. The van der Waals surface area contributed by atoms with E-state index in [9.17, 15) is 18.0 Å². The smallest absolute Gasteiger partial charge is 0.373 e. The zero-order chi connectivity index (χ0) is 20.5. The van der Waals surface area contributed by atoms with Gasteiger partial charge < -0.3 is 10.1 Å². The van der Waals surface area contributed by atoms with Crippen molar-refractivity contribution in [3.05, 3.63) is 59.4 Å². The predicted molar refractivity (Wildman–Crippen MR) is 102 cm³/mol. The summed E-state index contributed by atoms with van der Waals surface area (Å²) >= 11 is 0. The molecule has 3 unspecified atom stereocenters. The number of pyridine rings is 1. The van der Waals surface area contributed by atoms with E-state index in [0.717, 1.165) is 23.4 Å². The molecule has 3 fully saturated rings. The molecule has 154 valence electrons. The number of fused-ring (bicyclic) bond motifs is 5. The van der Waals surface area contributed by atoms with Crippen LogP contribution in [0.3, 0.4) is 0 Å². The fourth-order valence-corrected chi connectivity index (χ4v) is 5.46. The summed E-state index contributed by atoms with van der Waals surface area (Å²) in [6, 6.07) is 8.64. The Morgan fingerprint density at radius 2 is 1.93 bits per heavy atom. The number of amides is 1. The number of hydrogen-bond acceptors (Lipinski definition) is 3. The number of ether oxygens (including phenoxy) is 1. The minimum atomic E-state index is -4.45. The van der Waals surface area contributed by atoms with Crippen LogP contribution in [-0.4, -0.2) is 23.1 Å². The standard InChI is InChI=1S/C22H21F3N2O2.H2/c1-10-8-12(6-7-26-10)17-18(20-16-11(2)15(16)19(17)29-20)21(28)27-14-5-3-4-13(9-14)22(23,24)25;/h3-9,11,15-20H,1-2H3,(H,27,28);1H/t11?,15?,16?,17-,18+,19+,20-;/m1./s1. The lowest BCUT2D eigenvalue weighted by molar-refractivity contribution is -0.137. The van der Waals surface area contributed by atoms with Gasteiger partial charge >= 0.3 is 6.18 Å². The van der Waals surface area contributed by atoms with Crippen LogP contribution in [-0.2, 0) is 15.7 Å². The summed E-state index contributed by atoms with van der Waals surface area (Å²) in [5, 5.41) is 2.71. The summed E-state index contributed by atoms with van der Waals surface area (Å²) in [5.74, 6) is 0.498. The Morgan fingerprint density at radius 1 is 1.17 bits per heavy atom. The van der Waals surface area contributed by atoms with Crippen molar-refractivity contribution in [3.63, 3.8) is 0 Å². The van der Waals surface area contributed by atoms with Crippen molar-refractivity contribution >= 4 is 11.6 Å². The minimum Gasteiger partial charge on any atom is -0.373 e. The second-order valence-electron chi connectivity index (χ2n) is 8.43. The fourth-order valence-electron chi connectivity index (χ4n) is 5.46. The Balaban J connectivity index is 0.00000218. The quantitative estimate of drug-likeness (QED) is 0.810. The number of hydrogen-bond donors (Lipinski definition) is 1. The molecule has 0 radical (unpaired) electrons. The number of rotatable bonds is 3. The van der Waals surface area contributed by atoms with Gasteiger partial charge in [-0.2, -0.15) is 13.2 Å². The number of carbonyl (C=O) groups excluding carboxylic acids is 1. The molecule has 7 atom stereocenters. The van der Waals surface area contributed by atoms with Crippen LogP contribution in [0, 0.1) is 30.6 Å². The minimum absolute atomic E-state index is 0. The molecule has 2 saturated heterocycles. The highest BCUT2D eigenvalue weighted by Crippen LogP contribution is 2.68. The van der Waals surface area contributed by atoms with Crippen LogP contribution >= 0.6 is 0 Å². The molecule has 3 aliphatic rings. The molecule has 1 aromatic carbocycles. The molecule has 1 aromatic heterocycles. The molecule has 7 heteroatoms. The van der Waals surface area contributed by atoms with E-state index >= 15 is 0 Å². The Morgan fingerprint density at radius 3 is 2.66 bits per heavy atom. The second kappa shape index (κ2) is 6.29. The Bertz CT molecular complexity index is 983. The van der Waals surface area contributed by atoms with Gasteiger partial charge in [0.2, 0.25) is 5.91 Å². The van der Waals surface area contributed by atoms with E-state index < -0.39 is 17.7 Å². The van der Waals surface area contributed by atoms with Crippen molar-refractivity contribution in [2.45, 2.75) is 38.1 Å². The molecule has 3 heterocycles. The molecule has 0 spiro atoms. The molecule has 4 nitrogen and oxygen atoms in total. The van der Waals surface area contributed by atoms with Crippen molar-refractivity contribution in [1.29, 1.82) is 0 Å². The Labute approximate surface area is 168 Å². The van der Waals surface area contributed by atoms with Gasteiger partial charge in [0.05, 0.1) is 23.7 Å². The molecule has 29 heavy (non-hydrogen) atoms. The molecular formula is C22H23F3N2O2. The van der Waals surface area contributed by atoms with Crippen molar-refractivity contribution < 1.29 is 24.1 Å². The number of halogens is 3. The van der Waals surface area contributed by atoms with E-state index in [4.69, 9.17) is 4.74 Å². The second-order valence-corrected chi connectivity index (χ2v) is 8.43. The molecule has 1 saturated carbocycles. The lowest BCUT2D eigenvalue weighted by atomic mass is 9.75.